The van der Waals surface area contributed by atoms with Crippen LogP contribution in [0.5, 0.6) is 0 Å². The lowest BCUT2D eigenvalue weighted by atomic mass is 10.0. The predicted octanol–water partition coefficient (Wildman–Crippen LogP) is 4.01. The summed E-state index contributed by atoms with van der Waals surface area (Å²) in [6, 6.07) is 18.2. The van der Waals surface area contributed by atoms with Crippen LogP contribution >= 0.6 is 0 Å². The average molecular weight is 434 g/mol. The molecule has 0 spiro atoms. The van der Waals surface area contributed by atoms with Gasteiger partial charge in [0.2, 0.25) is 0 Å². The Labute approximate surface area is 190 Å². The third kappa shape index (κ3) is 4.57. The first-order valence-corrected chi connectivity index (χ1v) is 11.7. The minimum Gasteiger partial charge on any atom is -0.367 e. The summed E-state index contributed by atoms with van der Waals surface area (Å²) in [7, 11) is 2.00. The molecule has 2 saturated heterocycles. The van der Waals surface area contributed by atoms with Crippen LogP contribution in [0.15, 0.2) is 60.8 Å². The topological polar surface area (TPSA) is 27.5 Å². The van der Waals surface area contributed by atoms with Crippen LogP contribution in [0.2, 0.25) is 0 Å². The SMILES string of the molecule is Cn1cc(CN2CCCC(N3CCN(c4ccccc4F)CC3)C2)c(-c2ccccc2)n1. The molecule has 2 fully saturated rings. The normalized spacial score (nSPS) is 20.6. The summed E-state index contributed by atoms with van der Waals surface area (Å²) in [5.74, 6) is -0.115. The van der Waals surface area contributed by atoms with Gasteiger partial charge in [0.1, 0.15) is 5.82 Å². The van der Waals surface area contributed by atoms with E-state index in [2.05, 4.69) is 45.2 Å². The van der Waals surface area contributed by atoms with Gasteiger partial charge in [-0.2, -0.15) is 5.10 Å². The van der Waals surface area contributed by atoms with Gasteiger partial charge in [-0.05, 0) is 31.5 Å². The molecule has 2 aliphatic heterocycles. The van der Waals surface area contributed by atoms with E-state index in [0.29, 0.717) is 6.04 Å². The molecule has 2 aliphatic rings. The maximum absolute atomic E-state index is 14.2. The molecule has 0 N–H and O–H groups in total. The minimum absolute atomic E-state index is 0.115. The lowest BCUT2D eigenvalue weighted by molar-refractivity contribution is 0.0887. The molecule has 1 unspecified atom stereocenters. The molecule has 0 radical (unpaired) electrons. The fourth-order valence-corrected chi connectivity index (χ4v) is 5.24. The number of halogens is 1. The van der Waals surface area contributed by atoms with Crippen molar-refractivity contribution in [3.05, 3.63) is 72.2 Å². The van der Waals surface area contributed by atoms with Crippen molar-refractivity contribution in [2.24, 2.45) is 7.05 Å². The Bertz CT molecular complexity index is 1030. The largest absolute Gasteiger partial charge is 0.367 e. The van der Waals surface area contributed by atoms with E-state index in [1.807, 2.05) is 29.9 Å². The van der Waals surface area contributed by atoms with E-state index in [1.54, 1.807) is 12.1 Å². The lowest BCUT2D eigenvalue weighted by Gasteiger charge is -2.44. The molecule has 0 saturated carbocycles. The summed E-state index contributed by atoms with van der Waals surface area (Å²) in [4.78, 5) is 7.39. The Balaban J connectivity index is 1.21. The van der Waals surface area contributed by atoms with Gasteiger partial charge in [0.05, 0.1) is 11.4 Å². The van der Waals surface area contributed by atoms with Crippen molar-refractivity contribution in [2.45, 2.75) is 25.4 Å². The molecule has 32 heavy (non-hydrogen) atoms. The molecule has 2 aromatic carbocycles. The van der Waals surface area contributed by atoms with Gasteiger partial charge in [0.15, 0.2) is 0 Å². The molecule has 3 heterocycles. The van der Waals surface area contributed by atoms with Crippen LogP contribution in [-0.4, -0.2) is 64.9 Å². The zero-order valence-corrected chi connectivity index (χ0v) is 18.8. The van der Waals surface area contributed by atoms with Crippen molar-refractivity contribution < 1.29 is 4.39 Å². The minimum atomic E-state index is -0.115. The Hall–Kier alpha value is -2.70. The highest BCUT2D eigenvalue weighted by molar-refractivity contribution is 5.62. The number of likely N-dealkylation sites (tertiary alicyclic amines) is 1. The van der Waals surface area contributed by atoms with Gasteiger partial charge in [-0.3, -0.25) is 14.5 Å². The molecule has 5 rings (SSSR count). The number of rotatable bonds is 5. The number of anilines is 1. The number of benzene rings is 2. The predicted molar refractivity (Wildman–Crippen MR) is 127 cm³/mol. The number of aromatic nitrogens is 2. The summed E-state index contributed by atoms with van der Waals surface area (Å²) >= 11 is 0. The second-order valence-electron chi connectivity index (χ2n) is 9.05. The van der Waals surface area contributed by atoms with Crippen molar-refractivity contribution in [2.75, 3.05) is 44.2 Å². The number of piperazine rings is 1. The molecule has 0 amide bonds. The first kappa shape index (κ1) is 21.2. The Morgan fingerprint density at radius 3 is 2.47 bits per heavy atom. The van der Waals surface area contributed by atoms with Gasteiger partial charge in [0.25, 0.3) is 0 Å². The highest BCUT2D eigenvalue weighted by atomic mass is 19.1. The van der Waals surface area contributed by atoms with Crippen LogP contribution in [0.3, 0.4) is 0 Å². The third-order valence-electron chi connectivity index (χ3n) is 6.85. The van der Waals surface area contributed by atoms with Crippen LogP contribution in [0.25, 0.3) is 11.3 Å². The van der Waals surface area contributed by atoms with E-state index in [0.717, 1.165) is 57.2 Å². The van der Waals surface area contributed by atoms with E-state index in [1.165, 1.54) is 24.0 Å². The molecular formula is C26H32FN5. The van der Waals surface area contributed by atoms with Crippen LogP contribution in [-0.2, 0) is 13.6 Å². The number of aryl methyl sites for hydroxylation is 1. The number of hydrogen-bond acceptors (Lipinski definition) is 4. The van der Waals surface area contributed by atoms with Crippen LogP contribution in [0, 0.1) is 5.82 Å². The summed E-state index contributed by atoms with van der Waals surface area (Å²) in [5.41, 5.74) is 4.31. The molecule has 0 bridgehead atoms. The van der Waals surface area contributed by atoms with Crippen molar-refractivity contribution in [1.29, 1.82) is 0 Å². The van der Waals surface area contributed by atoms with Gasteiger partial charge in [-0.15, -0.1) is 0 Å². The number of hydrogen-bond donors (Lipinski definition) is 0. The van der Waals surface area contributed by atoms with Crippen molar-refractivity contribution >= 4 is 5.69 Å². The molecule has 0 aliphatic carbocycles. The Morgan fingerprint density at radius 2 is 1.69 bits per heavy atom. The Morgan fingerprint density at radius 1 is 0.938 bits per heavy atom. The summed E-state index contributed by atoms with van der Waals surface area (Å²) in [6.45, 7) is 6.92. The third-order valence-corrected chi connectivity index (χ3v) is 6.85. The first-order chi connectivity index (χ1) is 15.7. The lowest BCUT2D eigenvalue weighted by Crippen LogP contribution is -2.55. The Kier molecular flexibility index (Phi) is 6.23. The van der Waals surface area contributed by atoms with Gasteiger partial charge in [-0.25, -0.2) is 4.39 Å². The standard InChI is InChI=1S/C26H32FN5/c1-29-18-22(26(28-29)21-8-3-2-4-9-21)19-30-13-7-10-23(20-30)31-14-16-32(17-15-31)25-12-6-5-11-24(25)27/h2-6,8-9,11-12,18,23H,7,10,13-17,19-20H2,1H3. The number of piperidine rings is 1. The zero-order chi connectivity index (χ0) is 21.9. The second kappa shape index (κ2) is 9.43. The van der Waals surface area contributed by atoms with E-state index in [9.17, 15) is 4.39 Å². The van der Waals surface area contributed by atoms with Gasteiger partial charge in [0, 0.05) is 69.7 Å². The quantitative estimate of drug-likeness (QED) is 0.608. The smallest absolute Gasteiger partial charge is 0.146 e. The second-order valence-corrected chi connectivity index (χ2v) is 9.05. The number of nitrogens with zero attached hydrogens (tertiary/aromatic N) is 5. The fourth-order valence-electron chi connectivity index (χ4n) is 5.24. The van der Waals surface area contributed by atoms with Gasteiger partial charge < -0.3 is 4.90 Å². The molecule has 5 nitrogen and oxygen atoms in total. The number of para-hydroxylation sites is 1. The zero-order valence-electron chi connectivity index (χ0n) is 18.8. The van der Waals surface area contributed by atoms with E-state index < -0.39 is 0 Å². The van der Waals surface area contributed by atoms with Crippen molar-refractivity contribution in [3.8, 4) is 11.3 Å². The molecule has 1 atom stereocenters. The van der Waals surface area contributed by atoms with E-state index in [-0.39, 0.29) is 5.82 Å². The van der Waals surface area contributed by atoms with Crippen LogP contribution in [0.4, 0.5) is 10.1 Å². The highest BCUT2D eigenvalue weighted by Crippen LogP contribution is 2.26. The molecular weight excluding hydrogens is 401 g/mol. The first-order valence-electron chi connectivity index (χ1n) is 11.7. The van der Waals surface area contributed by atoms with Gasteiger partial charge >= 0.3 is 0 Å². The molecule has 168 valence electrons. The summed E-state index contributed by atoms with van der Waals surface area (Å²) < 4.78 is 16.1. The monoisotopic (exact) mass is 433 g/mol. The van der Waals surface area contributed by atoms with Crippen molar-refractivity contribution in [3.63, 3.8) is 0 Å². The van der Waals surface area contributed by atoms with Crippen LogP contribution in [0.1, 0.15) is 18.4 Å². The van der Waals surface area contributed by atoms with E-state index in [4.69, 9.17) is 5.10 Å². The van der Waals surface area contributed by atoms with E-state index >= 15 is 0 Å². The molecule has 1 aromatic heterocycles. The average Bonchev–Trinajstić information content (AvgIpc) is 3.20. The maximum atomic E-state index is 14.2. The van der Waals surface area contributed by atoms with Gasteiger partial charge in [-0.1, -0.05) is 42.5 Å². The molecule has 3 aromatic rings. The summed E-state index contributed by atoms with van der Waals surface area (Å²) in [6.07, 6.45) is 4.63. The summed E-state index contributed by atoms with van der Waals surface area (Å²) in [5, 5.41) is 4.74. The fraction of sp³-hybridized carbons (Fsp3) is 0.423. The van der Waals surface area contributed by atoms with Crippen molar-refractivity contribution in [1.82, 2.24) is 19.6 Å². The van der Waals surface area contributed by atoms with Crippen LogP contribution < -0.4 is 4.90 Å². The molecule has 6 heteroatoms. The highest BCUT2D eigenvalue weighted by Gasteiger charge is 2.29. The maximum Gasteiger partial charge on any atom is 0.146 e.